The monoisotopic (exact) mass is 154 g/mol. The topological polar surface area (TPSA) is 9.23 Å². The van der Waals surface area contributed by atoms with Gasteiger partial charge >= 0.3 is 0 Å². The predicted molar refractivity (Wildman–Crippen MR) is 49.4 cm³/mol. The second kappa shape index (κ2) is 7.39. The molecule has 0 rings (SSSR count). The summed E-state index contributed by atoms with van der Waals surface area (Å²) in [5, 5.41) is 0. The Bertz CT molecular complexity index is 134. The summed E-state index contributed by atoms with van der Waals surface area (Å²) in [7, 11) is 1.67. The Morgan fingerprint density at radius 2 is 2.18 bits per heavy atom. The molecule has 0 N–H and O–H groups in total. The van der Waals surface area contributed by atoms with Crippen molar-refractivity contribution in [3.8, 4) is 0 Å². The minimum atomic E-state index is 1.17. The van der Waals surface area contributed by atoms with Gasteiger partial charge in [0, 0.05) is 0 Å². The van der Waals surface area contributed by atoms with E-state index in [1.165, 1.54) is 24.8 Å². The molecule has 0 heterocycles. The van der Waals surface area contributed by atoms with E-state index in [9.17, 15) is 0 Å². The van der Waals surface area contributed by atoms with Crippen LogP contribution in [-0.2, 0) is 4.74 Å². The lowest BCUT2D eigenvalue weighted by Crippen LogP contribution is -1.72. The van der Waals surface area contributed by atoms with E-state index in [2.05, 4.69) is 19.1 Å². The number of hydrogen-bond donors (Lipinski definition) is 0. The van der Waals surface area contributed by atoms with Crippen LogP contribution in [0.4, 0.5) is 0 Å². The zero-order chi connectivity index (χ0) is 8.53. The third-order valence-corrected chi connectivity index (χ3v) is 1.41. The third kappa shape index (κ3) is 7.17. The van der Waals surface area contributed by atoms with Crippen LogP contribution in [0.1, 0.15) is 33.1 Å². The van der Waals surface area contributed by atoms with Gasteiger partial charge < -0.3 is 4.74 Å². The normalized spacial score (nSPS) is 12.5. The second-order valence-electron chi connectivity index (χ2n) is 2.64. The molecular weight excluding hydrogens is 136 g/mol. The molecule has 0 aromatic rings. The molecule has 0 aliphatic rings. The summed E-state index contributed by atoms with van der Waals surface area (Å²) in [5.41, 5.74) is 1.17. The van der Waals surface area contributed by atoms with Crippen LogP contribution in [0.3, 0.4) is 0 Å². The van der Waals surface area contributed by atoms with Crippen molar-refractivity contribution in [2.45, 2.75) is 33.1 Å². The molecule has 11 heavy (non-hydrogen) atoms. The summed E-state index contributed by atoms with van der Waals surface area (Å²) in [6.07, 6.45) is 9.75. The molecule has 0 saturated heterocycles. The van der Waals surface area contributed by atoms with Crippen LogP contribution in [0.5, 0.6) is 0 Å². The summed E-state index contributed by atoms with van der Waals surface area (Å²) >= 11 is 0. The van der Waals surface area contributed by atoms with Gasteiger partial charge in [-0.15, -0.1) is 0 Å². The number of methoxy groups -OCH3 is 1. The Kier molecular flexibility index (Phi) is 6.90. The molecule has 0 aromatic carbocycles. The zero-order valence-electron chi connectivity index (χ0n) is 7.76. The number of allylic oxidation sites excluding steroid dienone is 3. The van der Waals surface area contributed by atoms with Gasteiger partial charge in [-0.05, 0) is 18.9 Å². The van der Waals surface area contributed by atoms with E-state index >= 15 is 0 Å². The molecule has 0 spiro atoms. The summed E-state index contributed by atoms with van der Waals surface area (Å²) < 4.78 is 4.85. The molecule has 0 fully saturated rings. The largest absolute Gasteiger partial charge is 0.504 e. The molecule has 0 amide bonds. The summed E-state index contributed by atoms with van der Waals surface area (Å²) in [4.78, 5) is 0. The first-order valence-electron chi connectivity index (χ1n) is 4.17. The average molecular weight is 154 g/mol. The third-order valence-electron chi connectivity index (χ3n) is 1.41. The Morgan fingerprint density at radius 3 is 2.73 bits per heavy atom. The number of rotatable bonds is 5. The van der Waals surface area contributed by atoms with Crippen LogP contribution < -0.4 is 0 Å². The maximum atomic E-state index is 4.85. The molecule has 0 aromatic heterocycles. The van der Waals surface area contributed by atoms with Crippen LogP contribution in [-0.4, -0.2) is 7.11 Å². The first kappa shape index (κ1) is 10.3. The van der Waals surface area contributed by atoms with E-state index in [0.29, 0.717) is 0 Å². The van der Waals surface area contributed by atoms with Crippen molar-refractivity contribution in [1.29, 1.82) is 0 Å². The van der Waals surface area contributed by atoms with Crippen molar-refractivity contribution < 1.29 is 4.74 Å². The molecule has 0 radical (unpaired) electrons. The molecule has 0 atom stereocenters. The van der Waals surface area contributed by atoms with Crippen LogP contribution in [0.2, 0.25) is 0 Å². The van der Waals surface area contributed by atoms with Crippen LogP contribution in [0, 0.1) is 0 Å². The predicted octanol–water partition coefficient (Wildman–Crippen LogP) is 3.28. The smallest absolute Gasteiger partial charge is 0.0853 e. The summed E-state index contributed by atoms with van der Waals surface area (Å²) in [6.45, 7) is 4.23. The Morgan fingerprint density at radius 1 is 1.45 bits per heavy atom. The van der Waals surface area contributed by atoms with Crippen molar-refractivity contribution in [3.05, 3.63) is 24.0 Å². The summed E-state index contributed by atoms with van der Waals surface area (Å²) in [5.74, 6) is 0. The van der Waals surface area contributed by atoms with Crippen molar-refractivity contribution in [2.75, 3.05) is 7.11 Å². The first-order valence-corrected chi connectivity index (χ1v) is 4.17. The lowest BCUT2D eigenvalue weighted by Gasteiger charge is -1.91. The molecule has 0 unspecified atom stereocenters. The first-order chi connectivity index (χ1) is 5.31. The lowest BCUT2D eigenvalue weighted by atomic mass is 10.2. The fraction of sp³-hybridized carbons (Fsp3) is 0.600. The SMILES string of the molecule is CCCC/C=C/C(C)=C/OC. The van der Waals surface area contributed by atoms with Gasteiger partial charge in [0.2, 0.25) is 0 Å². The standard InChI is InChI=1S/C10H18O/c1-4-5-6-7-8-10(2)9-11-3/h7-9H,4-6H2,1-3H3/b8-7+,10-9+. The average Bonchev–Trinajstić information content (AvgIpc) is 1.99. The molecule has 0 bridgehead atoms. The molecule has 1 heteroatoms. The van der Waals surface area contributed by atoms with E-state index < -0.39 is 0 Å². The van der Waals surface area contributed by atoms with E-state index in [1.54, 1.807) is 13.4 Å². The van der Waals surface area contributed by atoms with Crippen molar-refractivity contribution >= 4 is 0 Å². The number of ether oxygens (including phenoxy) is 1. The van der Waals surface area contributed by atoms with Gasteiger partial charge in [0.15, 0.2) is 0 Å². The van der Waals surface area contributed by atoms with Crippen LogP contribution in [0.15, 0.2) is 24.0 Å². The quantitative estimate of drug-likeness (QED) is 0.335. The van der Waals surface area contributed by atoms with Crippen LogP contribution in [0.25, 0.3) is 0 Å². The van der Waals surface area contributed by atoms with Gasteiger partial charge in [0.05, 0.1) is 13.4 Å². The Balaban J connectivity index is 3.48. The Labute approximate surface area is 69.8 Å². The van der Waals surface area contributed by atoms with Crippen LogP contribution >= 0.6 is 0 Å². The minimum Gasteiger partial charge on any atom is -0.504 e. The molecule has 0 saturated carbocycles. The van der Waals surface area contributed by atoms with Gasteiger partial charge in [-0.3, -0.25) is 0 Å². The highest BCUT2D eigenvalue weighted by Gasteiger charge is 1.80. The number of hydrogen-bond acceptors (Lipinski definition) is 1. The fourth-order valence-corrected chi connectivity index (χ4v) is 0.816. The van der Waals surface area contributed by atoms with E-state index in [0.717, 1.165) is 0 Å². The van der Waals surface area contributed by atoms with Crippen molar-refractivity contribution in [2.24, 2.45) is 0 Å². The zero-order valence-corrected chi connectivity index (χ0v) is 7.76. The molecule has 64 valence electrons. The fourth-order valence-electron chi connectivity index (χ4n) is 0.816. The van der Waals surface area contributed by atoms with Crippen molar-refractivity contribution in [1.82, 2.24) is 0 Å². The highest BCUT2D eigenvalue weighted by atomic mass is 16.5. The maximum absolute atomic E-state index is 4.85. The second-order valence-corrected chi connectivity index (χ2v) is 2.64. The van der Waals surface area contributed by atoms with E-state index in [4.69, 9.17) is 4.74 Å². The van der Waals surface area contributed by atoms with E-state index in [-0.39, 0.29) is 0 Å². The summed E-state index contributed by atoms with van der Waals surface area (Å²) in [6, 6.07) is 0. The van der Waals surface area contributed by atoms with Gasteiger partial charge in [-0.2, -0.15) is 0 Å². The van der Waals surface area contributed by atoms with Crippen molar-refractivity contribution in [3.63, 3.8) is 0 Å². The van der Waals surface area contributed by atoms with E-state index in [1.807, 2.05) is 6.92 Å². The van der Waals surface area contributed by atoms with Gasteiger partial charge in [0.1, 0.15) is 0 Å². The number of unbranched alkanes of at least 4 members (excludes halogenated alkanes) is 2. The van der Waals surface area contributed by atoms with Gasteiger partial charge in [0.25, 0.3) is 0 Å². The highest BCUT2D eigenvalue weighted by Crippen LogP contribution is 1.99. The minimum absolute atomic E-state index is 1.17. The maximum Gasteiger partial charge on any atom is 0.0853 e. The Hall–Kier alpha value is -0.720. The van der Waals surface area contributed by atoms with Gasteiger partial charge in [-0.25, -0.2) is 0 Å². The lowest BCUT2D eigenvalue weighted by molar-refractivity contribution is 0.335. The highest BCUT2D eigenvalue weighted by molar-refractivity contribution is 5.13. The molecule has 0 aliphatic carbocycles. The molecular formula is C10H18O. The molecule has 1 nitrogen and oxygen atoms in total. The molecule has 0 aliphatic heterocycles. The van der Waals surface area contributed by atoms with Gasteiger partial charge in [-0.1, -0.05) is 31.9 Å².